The second-order valence-corrected chi connectivity index (χ2v) is 6.89. The van der Waals surface area contributed by atoms with E-state index < -0.39 is 0 Å². The maximum absolute atomic E-state index is 12.5. The third-order valence-corrected chi connectivity index (χ3v) is 5.01. The molecule has 4 heterocycles. The van der Waals surface area contributed by atoms with E-state index in [-0.39, 0.29) is 5.69 Å². The molecule has 0 atom stereocenters. The molecule has 2 N–H and O–H groups in total. The van der Waals surface area contributed by atoms with Crippen LogP contribution in [-0.4, -0.2) is 24.5 Å². The lowest BCUT2D eigenvalue weighted by atomic mass is 10.1. The Bertz CT molecular complexity index is 1450. The molecular formula is C23H16N6O. The van der Waals surface area contributed by atoms with E-state index in [4.69, 9.17) is 5.26 Å². The van der Waals surface area contributed by atoms with E-state index in [9.17, 15) is 4.79 Å². The first kappa shape index (κ1) is 17.6. The van der Waals surface area contributed by atoms with Gasteiger partial charge in [0.2, 0.25) is 0 Å². The number of pyridine rings is 2. The fourth-order valence-corrected chi connectivity index (χ4v) is 3.52. The van der Waals surface area contributed by atoms with Crippen molar-refractivity contribution in [1.29, 1.82) is 5.26 Å². The van der Waals surface area contributed by atoms with Crippen molar-refractivity contribution < 1.29 is 0 Å². The topological polar surface area (TPSA) is 103 Å². The van der Waals surface area contributed by atoms with Gasteiger partial charge >= 0.3 is 5.69 Å². The number of hydrogen-bond donors (Lipinski definition) is 2. The summed E-state index contributed by atoms with van der Waals surface area (Å²) in [6.45, 7) is 0. The summed E-state index contributed by atoms with van der Waals surface area (Å²) in [7, 11) is 0. The van der Waals surface area contributed by atoms with Gasteiger partial charge in [-0.1, -0.05) is 12.1 Å². The molecule has 5 aromatic rings. The summed E-state index contributed by atoms with van der Waals surface area (Å²) in [6.07, 6.45) is 7.39. The predicted molar refractivity (Wildman–Crippen MR) is 114 cm³/mol. The average molecular weight is 392 g/mol. The summed E-state index contributed by atoms with van der Waals surface area (Å²) >= 11 is 0. The van der Waals surface area contributed by atoms with Crippen LogP contribution >= 0.6 is 0 Å². The molecule has 7 heteroatoms. The van der Waals surface area contributed by atoms with Crippen molar-refractivity contribution in [3.05, 3.63) is 89.4 Å². The fourth-order valence-electron chi connectivity index (χ4n) is 3.52. The molecule has 0 spiro atoms. The fraction of sp³-hybridized carbons (Fsp3) is 0.0435. The van der Waals surface area contributed by atoms with Gasteiger partial charge in [0.05, 0.1) is 29.6 Å². The number of aromatic amines is 2. The molecule has 5 rings (SSSR count). The molecule has 0 aliphatic carbocycles. The minimum absolute atomic E-state index is 0.249. The summed E-state index contributed by atoms with van der Waals surface area (Å²) in [6, 6.07) is 17.4. The van der Waals surface area contributed by atoms with Crippen LogP contribution in [0.2, 0.25) is 0 Å². The highest BCUT2D eigenvalue weighted by atomic mass is 16.1. The molecule has 7 nitrogen and oxygen atoms in total. The molecule has 0 aliphatic heterocycles. The largest absolute Gasteiger partial charge is 0.346 e. The molecule has 4 aromatic heterocycles. The van der Waals surface area contributed by atoms with E-state index in [0.29, 0.717) is 23.5 Å². The van der Waals surface area contributed by atoms with Crippen molar-refractivity contribution in [1.82, 2.24) is 24.5 Å². The van der Waals surface area contributed by atoms with Gasteiger partial charge < -0.3 is 9.97 Å². The predicted octanol–water partition coefficient (Wildman–Crippen LogP) is 3.84. The zero-order valence-electron chi connectivity index (χ0n) is 15.8. The Hall–Kier alpha value is -4.44. The Balaban J connectivity index is 1.58. The number of rotatable bonds is 4. The third-order valence-electron chi connectivity index (χ3n) is 5.01. The molecule has 0 bridgehead atoms. The van der Waals surface area contributed by atoms with Gasteiger partial charge in [-0.25, -0.2) is 9.78 Å². The summed E-state index contributed by atoms with van der Waals surface area (Å²) in [5.41, 5.74) is 5.45. The van der Waals surface area contributed by atoms with Gasteiger partial charge in [0.15, 0.2) is 0 Å². The minimum atomic E-state index is -0.249. The van der Waals surface area contributed by atoms with E-state index in [1.165, 1.54) is 0 Å². The highest BCUT2D eigenvalue weighted by Gasteiger charge is 2.13. The molecule has 30 heavy (non-hydrogen) atoms. The molecule has 0 radical (unpaired) electrons. The summed E-state index contributed by atoms with van der Waals surface area (Å²) in [5, 5.41) is 9.88. The van der Waals surface area contributed by atoms with Gasteiger partial charge in [0, 0.05) is 35.7 Å². The third kappa shape index (κ3) is 3.06. The number of imidazole rings is 1. The Morgan fingerprint density at radius 1 is 1.00 bits per heavy atom. The molecule has 0 unspecified atom stereocenters. The van der Waals surface area contributed by atoms with Crippen molar-refractivity contribution >= 4 is 11.0 Å². The first-order valence-electron chi connectivity index (χ1n) is 9.39. The maximum atomic E-state index is 12.5. The second-order valence-electron chi connectivity index (χ2n) is 6.89. The van der Waals surface area contributed by atoms with Crippen molar-refractivity contribution in [3.8, 4) is 34.3 Å². The first-order valence-corrected chi connectivity index (χ1v) is 9.39. The Labute approximate surface area is 171 Å². The minimum Gasteiger partial charge on any atom is -0.346 e. The molecule has 0 saturated heterocycles. The monoisotopic (exact) mass is 392 g/mol. The highest BCUT2D eigenvalue weighted by Crippen LogP contribution is 2.26. The number of nitrogens with one attached hydrogen (secondary N) is 2. The van der Waals surface area contributed by atoms with Crippen LogP contribution in [0, 0.1) is 11.3 Å². The number of aromatic nitrogens is 5. The molecular weight excluding hydrogens is 376 g/mol. The smallest absolute Gasteiger partial charge is 0.330 e. The molecule has 144 valence electrons. The Kier molecular flexibility index (Phi) is 4.23. The SMILES string of the molecule is N#CCc1ccc(-n2c(-c3cc(-c4cnc5[nH]ccc5c4)ccn3)c[nH]c2=O)cc1. The van der Waals surface area contributed by atoms with Gasteiger partial charge in [-0.05, 0) is 47.5 Å². The average Bonchev–Trinajstić information content (AvgIpc) is 3.40. The molecule has 0 saturated carbocycles. The second kappa shape index (κ2) is 7.18. The van der Waals surface area contributed by atoms with Gasteiger partial charge in [0.25, 0.3) is 0 Å². The maximum Gasteiger partial charge on any atom is 0.330 e. The van der Waals surface area contributed by atoms with E-state index >= 15 is 0 Å². The Morgan fingerprint density at radius 3 is 2.70 bits per heavy atom. The summed E-state index contributed by atoms with van der Waals surface area (Å²) < 4.78 is 1.58. The first-order chi connectivity index (χ1) is 14.7. The number of H-pyrrole nitrogens is 2. The highest BCUT2D eigenvalue weighted by molar-refractivity contribution is 5.82. The van der Waals surface area contributed by atoms with Gasteiger partial charge in [-0.2, -0.15) is 5.26 Å². The number of benzene rings is 1. The number of nitriles is 1. The summed E-state index contributed by atoms with van der Waals surface area (Å²) in [5.74, 6) is 0. The van der Waals surface area contributed by atoms with Crippen LogP contribution in [0.25, 0.3) is 39.2 Å². The molecule has 0 fully saturated rings. The number of nitrogens with zero attached hydrogens (tertiary/aromatic N) is 4. The van der Waals surface area contributed by atoms with Crippen LogP contribution in [-0.2, 0) is 6.42 Å². The van der Waals surface area contributed by atoms with Crippen LogP contribution < -0.4 is 5.69 Å². The van der Waals surface area contributed by atoms with Crippen molar-refractivity contribution in [2.45, 2.75) is 6.42 Å². The number of hydrogen-bond acceptors (Lipinski definition) is 4. The molecule has 0 aliphatic rings. The lowest BCUT2D eigenvalue weighted by molar-refractivity contribution is 0.985. The van der Waals surface area contributed by atoms with Gasteiger partial charge in [-0.15, -0.1) is 0 Å². The van der Waals surface area contributed by atoms with Crippen molar-refractivity contribution in [3.63, 3.8) is 0 Å². The standard InChI is InChI=1S/C23H16N6O/c24-8-5-15-1-3-19(4-2-15)29-21(14-28-23(29)30)20-12-16(6-9-25-20)18-11-17-7-10-26-22(17)27-13-18/h1-4,6-7,9-14H,5H2,(H,26,27)(H,28,30). The van der Waals surface area contributed by atoms with Crippen molar-refractivity contribution in [2.75, 3.05) is 0 Å². The number of fused-ring (bicyclic) bond motifs is 1. The van der Waals surface area contributed by atoms with Crippen LogP contribution in [0.4, 0.5) is 0 Å². The zero-order valence-corrected chi connectivity index (χ0v) is 15.8. The van der Waals surface area contributed by atoms with Crippen LogP contribution in [0.3, 0.4) is 0 Å². The molecule has 0 amide bonds. The lowest BCUT2D eigenvalue weighted by Gasteiger charge is -2.09. The quantitative estimate of drug-likeness (QED) is 0.485. The summed E-state index contributed by atoms with van der Waals surface area (Å²) in [4.78, 5) is 27.3. The van der Waals surface area contributed by atoms with Crippen LogP contribution in [0.5, 0.6) is 0 Å². The Morgan fingerprint density at radius 2 is 1.87 bits per heavy atom. The lowest BCUT2D eigenvalue weighted by Crippen LogP contribution is -2.15. The van der Waals surface area contributed by atoms with E-state index in [0.717, 1.165) is 27.7 Å². The van der Waals surface area contributed by atoms with E-state index in [1.807, 2.05) is 54.9 Å². The van der Waals surface area contributed by atoms with E-state index in [1.54, 1.807) is 17.0 Å². The normalized spacial score (nSPS) is 10.9. The van der Waals surface area contributed by atoms with Crippen LogP contribution in [0.15, 0.2) is 78.1 Å². The van der Waals surface area contributed by atoms with Crippen LogP contribution in [0.1, 0.15) is 5.56 Å². The van der Waals surface area contributed by atoms with Gasteiger partial charge in [-0.3, -0.25) is 9.55 Å². The van der Waals surface area contributed by atoms with Gasteiger partial charge in [0.1, 0.15) is 5.65 Å². The molecule has 1 aromatic carbocycles. The zero-order chi connectivity index (χ0) is 20.5. The van der Waals surface area contributed by atoms with E-state index in [2.05, 4.69) is 32.1 Å². The van der Waals surface area contributed by atoms with Crippen molar-refractivity contribution in [2.24, 2.45) is 0 Å².